The van der Waals surface area contributed by atoms with Crippen LogP contribution >= 0.6 is 0 Å². The van der Waals surface area contributed by atoms with Crippen LogP contribution in [0, 0.1) is 5.92 Å². The summed E-state index contributed by atoms with van der Waals surface area (Å²) < 4.78 is 0. The third-order valence-electron chi connectivity index (χ3n) is 3.29. The lowest BCUT2D eigenvalue weighted by atomic mass is 10.0. The number of aliphatic hydroxyl groups is 1. The fourth-order valence-corrected chi connectivity index (χ4v) is 2.14. The molecule has 110 valence electrons. The Balaban J connectivity index is 2.28. The number of nitrogens with zero attached hydrogens (tertiary/aromatic N) is 1. The highest BCUT2D eigenvalue weighted by Crippen LogP contribution is 2.16. The zero-order valence-corrected chi connectivity index (χ0v) is 12.0. The van der Waals surface area contributed by atoms with Gasteiger partial charge in [0.15, 0.2) is 5.78 Å². The second-order valence-corrected chi connectivity index (χ2v) is 5.14. The van der Waals surface area contributed by atoms with Gasteiger partial charge in [-0.1, -0.05) is 32.0 Å². The van der Waals surface area contributed by atoms with Crippen LogP contribution in [0.5, 0.6) is 0 Å². The van der Waals surface area contributed by atoms with E-state index in [2.05, 4.69) is 10.3 Å². The molecule has 5 heteroatoms. The molecule has 2 aromatic rings. The first-order chi connectivity index (χ1) is 10.0. The van der Waals surface area contributed by atoms with Crippen molar-refractivity contribution in [1.29, 1.82) is 0 Å². The SMILES string of the molecule is CC(C)C(=O)C(CO)NC(=O)c1ccnc2ccccc12. The van der Waals surface area contributed by atoms with Crippen molar-refractivity contribution in [3.8, 4) is 0 Å². The Morgan fingerprint density at radius 3 is 2.62 bits per heavy atom. The minimum Gasteiger partial charge on any atom is -0.394 e. The summed E-state index contributed by atoms with van der Waals surface area (Å²) in [5, 5.41) is 12.6. The predicted molar refractivity (Wildman–Crippen MR) is 79.9 cm³/mol. The molecule has 0 saturated carbocycles. The number of fused-ring (bicyclic) bond motifs is 1. The molecule has 1 aromatic carbocycles. The summed E-state index contributed by atoms with van der Waals surface area (Å²) in [6, 6.07) is 8.00. The number of amides is 1. The normalized spacial score (nSPS) is 12.4. The zero-order chi connectivity index (χ0) is 15.4. The van der Waals surface area contributed by atoms with E-state index in [9.17, 15) is 14.7 Å². The largest absolute Gasteiger partial charge is 0.394 e. The maximum Gasteiger partial charge on any atom is 0.252 e. The first-order valence-corrected chi connectivity index (χ1v) is 6.83. The van der Waals surface area contributed by atoms with Crippen molar-refractivity contribution in [3.05, 3.63) is 42.1 Å². The summed E-state index contributed by atoms with van der Waals surface area (Å²) in [4.78, 5) is 28.5. The van der Waals surface area contributed by atoms with E-state index in [1.807, 2.05) is 18.2 Å². The second kappa shape index (κ2) is 6.45. The van der Waals surface area contributed by atoms with Crippen molar-refractivity contribution in [1.82, 2.24) is 10.3 Å². The van der Waals surface area contributed by atoms with E-state index in [-0.39, 0.29) is 17.6 Å². The molecule has 1 unspecified atom stereocenters. The molecular formula is C16H18N2O3. The van der Waals surface area contributed by atoms with Gasteiger partial charge >= 0.3 is 0 Å². The maximum absolute atomic E-state index is 12.4. The van der Waals surface area contributed by atoms with Crippen molar-refractivity contribution in [2.45, 2.75) is 19.9 Å². The van der Waals surface area contributed by atoms with Crippen molar-refractivity contribution >= 4 is 22.6 Å². The molecule has 0 saturated heterocycles. The number of rotatable bonds is 5. The minimum absolute atomic E-state index is 0.191. The van der Waals surface area contributed by atoms with E-state index in [0.717, 1.165) is 0 Å². The van der Waals surface area contributed by atoms with Crippen molar-refractivity contribution in [2.75, 3.05) is 6.61 Å². The van der Waals surface area contributed by atoms with E-state index < -0.39 is 12.6 Å². The van der Waals surface area contributed by atoms with E-state index >= 15 is 0 Å². The number of hydrogen-bond donors (Lipinski definition) is 2. The van der Waals surface area contributed by atoms with E-state index in [1.165, 1.54) is 0 Å². The Kier molecular flexibility index (Phi) is 4.65. The van der Waals surface area contributed by atoms with Crippen molar-refractivity contribution < 1.29 is 14.7 Å². The summed E-state index contributed by atoms with van der Waals surface area (Å²) in [6.07, 6.45) is 1.55. The molecule has 1 atom stereocenters. The number of benzene rings is 1. The van der Waals surface area contributed by atoms with Crippen molar-refractivity contribution in [2.24, 2.45) is 5.92 Å². The number of para-hydroxylation sites is 1. The molecule has 0 bridgehead atoms. The molecule has 1 amide bonds. The Bertz CT molecular complexity index is 662. The molecule has 2 rings (SSSR count). The molecular weight excluding hydrogens is 268 g/mol. The summed E-state index contributed by atoms with van der Waals surface area (Å²) in [5.74, 6) is -0.831. The van der Waals surface area contributed by atoms with Crippen LogP contribution in [0.25, 0.3) is 10.9 Å². The summed E-state index contributed by atoms with van der Waals surface area (Å²) in [7, 11) is 0. The van der Waals surface area contributed by atoms with Crippen LogP contribution in [-0.4, -0.2) is 34.4 Å². The molecule has 0 aliphatic rings. The molecule has 1 heterocycles. The van der Waals surface area contributed by atoms with Gasteiger partial charge in [-0.15, -0.1) is 0 Å². The monoisotopic (exact) mass is 286 g/mol. The van der Waals surface area contributed by atoms with Crippen molar-refractivity contribution in [3.63, 3.8) is 0 Å². The Hall–Kier alpha value is -2.27. The van der Waals surface area contributed by atoms with Crippen LogP contribution in [0.1, 0.15) is 24.2 Å². The van der Waals surface area contributed by atoms with Gasteiger partial charge in [-0.25, -0.2) is 0 Å². The highest BCUT2D eigenvalue weighted by Gasteiger charge is 2.23. The van der Waals surface area contributed by atoms with Crippen LogP contribution in [0.15, 0.2) is 36.5 Å². The van der Waals surface area contributed by atoms with Gasteiger partial charge in [0.1, 0.15) is 6.04 Å². The van der Waals surface area contributed by atoms with Gasteiger partial charge in [0, 0.05) is 17.5 Å². The molecule has 0 aliphatic heterocycles. The standard InChI is InChI=1S/C16H18N2O3/c1-10(2)15(20)14(9-19)18-16(21)12-7-8-17-13-6-4-3-5-11(12)13/h3-8,10,14,19H,9H2,1-2H3,(H,18,21). The van der Waals surface area contributed by atoms with E-state index in [0.29, 0.717) is 16.5 Å². The van der Waals surface area contributed by atoms with Gasteiger partial charge in [0.2, 0.25) is 0 Å². The Morgan fingerprint density at radius 2 is 1.95 bits per heavy atom. The smallest absolute Gasteiger partial charge is 0.252 e. The summed E-state index contributed by atoms with van der Waals surface area (Å²) in [5.41, 5.74) is 1.15. The zero-order valence-electron chi connectivity index (χ0n) is 12.0. The highest BCUT2D eigenvalue weighted by molar-refractivity contribution is 6.07. The van der Waals surface area contributed by atoms with Gasteiger partial charge < -0.3 is 10.4 Å². The molecule has 1 aromatic heterocycles. The van der Waals surface area contributed by atoms with Gasteiger partial charge in [-0.2, -0.15) is 0 Å². The minimum atomic E-state index is -0.885. The van der Waals surface area contributed by atoms with Crippen LogP contribution in [0.2, 0.25) is 0 Å². The lowest BCUT2D eigenvalue weighted by molar-refractivity contribution is -0.124. The number of aliphatic hydroxyl groups excluding tert-OH is 1. The molecule has 0 fully saturated rings. The average Bonchev–Trinajstić information content (AvgIpc) is 2.51. The van der Waals surface area contributed by atoms with Gasteiger partial charge in [0.25, 0.3) is 5.91 Å². The number of ketones is 1. The van der Waals surface area contributed by atoms with Gasteiger partial charge in [0.05, 0.1) is 17.7 Å². The van der Waals surface area contributed by atoms with E-state index in [1.54, 1.807) is 32.2 Å². The lowest BCUT2D eigenvalue weighted by Gasteiger charge is -2.17. The fourth-order valence-electron chi connectivity index (χ4n) is 2.14. The number of hydrogen-bond acceptors (Lipinski definition) is 4. The number of aromatic nitrogens is 1. The Labute approximate surface area is 123 Å². The number of carbonyl (C=O) groups is 2. The molecule has 0 spiro atoms. The number of carbonyl (C=O) groups excluding carboxylic acids is 2. The number of nitrogens with one attached hydrogen (secondary N) is 1. The molecule has 0 radical (unpaired) electrons. The number of pyridine rings is 1. The molecule has 2 N–H and O–H groups in total. The van der Waals surface area contributed by atoms with E-state index in [4.69, 9.17) is 0 Å². The van der Waals surface area contributed by atoms with Crippen LogP contribution in [0.4, 0.5) is 0 Å². The molecule has 0 aliphatic carbocycles. The van der Waals surface area contributed by atoms with Crippen LogP contribution in [-0.2, 0) is 4.79 Å². The third kappa shape index (κ3) is 3.25. The second-order valence-electron chi connectivity index (χ2n) is 5.14. The van der Waals surface area contributed by atoms with Crippen LogP contribution < -0.4 is 5.32 Å². The third-order valence-corrected chi connectivity index (χ3v) is 3.29. The average molecular weight is 286 g/mol. The van der Waals surface area contributed by atoms with Crippen LogP contribution in [0.3, 0.4) is 0 Å². The maximum atomic E-state index is 12.4. The lowest BCUT2D eigenvalue weighted by Crippen LogP contribution is -2.45. The first-order valence-electron chi connectivity index (χ1n) is 6.83. The summed E-state index contributed by atoms with van der Waals surface area (Å²) >= 11 is 0. The van der Waals surface area contributed by atoms with Gasteiger partial charge in [-0.3, -0.25) is 14.6 Å². The van der Waals surface area contributed by atoms with Gasteiger partial charge in [-0.05, 0) is 12.1 Å². The highest BCUT2D eigenvalue weighted by atomic mass is 16.3. The predicted octanol–water partition coefficient (Wildman–Crippen LogP) is 1.55. The number of Topliss-reactive ketones (excluding diaryl/α,β-unsaturated/α-hetero) is 1. The Morgan fingerprint density at radius 1 is 1.24 bits per heavy atom. The summed E-state index contributed by atoms with van der Waals surface area (Å²) in [6.45, 7) is 3.06. The topological polar surface area (TPSA) is 79.3 Å². The quantitative estimate of drug-likeness (QED) is 0.874. The fraction of sp³-hybridized carbons (Fsp3) is 0.312. The first kappa shape index (κ1) is 15.1. The molecule has 5 nitrogen and oxygen atoms in total. The molecule has 21 heavy (non-hydrogen) atoms.